The zero-order valence-electron chi connectivity index (χ0n) is 14.0. The number of allylic oxidation sites excluding steroid dienone is 1. The van der Waals surface area contributed by atoms with E-state index in [-0.39, 0.29) is 0 Å². The minimum atomic E-state index is 0.750. The van der Waals surface area contributed by atoms with Crippen molar-refractivity contribution in [1.29, 1.82) is 0 Å². The number of hydrogen-bond acceptors (Lipinski definition) is 4. The summed E-state index contributed by atoms with van der Waals surface area (Å²) in [6, 6.07) is 8.53. The van der Waals surface area contributed by atoms with E-state index in [2.05, 4.69) is 54.3 Å². The number of hydrogen-bond donors (Lipinski definition) is 1. The zero-order chi connectivity index (χ0) is 16.5. The number of aromatic nitrogens is 1. The summed E-state index contributed by atoms with van der Waals surface area (Å²) in [5.74, 6) is 0.750. The number of benzene rings is 1. The normalized spacial score (nSPS) is 12.3. The lowest BCUT2D eigenvalue weighted by Crippen LogP contribution is -2.17. The van der Waals surface area contributed by atoms with Gasteiger partial charge < -0.3 is 5.32 Å². The molecule has 2 nitrogen and oxygen atoms in total. The van der Waals surface area contributed by atoms with Crippen LogP contribution in [0.3, 0.4) is 0 Å². The molecule has 1 unspecified atom stereocenters. The maximum Gasteiger partial charge on any atom is 0.107 e. The highest BCUT2D eigenvalue weighted by Gasteiger charge is 2.08. The summed E-state index contributed by atoms with van der Waals surface area (Å²) in [5.41, 5.74) is 1.29. The molecule has 0 saturated heterocycles. The van der Waals surface area contributed by atoms with Crippen LogP contribution in [-0.4, -0.2) is 17.8 Å². The molecule has 124 valence electrons. The van der Waals surface area contributed by atoms with Gasteiger partial charge in [0.25, 0.3) is 0 Å². The van der Waals surface area contributed by atoms with E-state index >= 15 is 0 Å². The first-order valence-electron chi connectivity index (χ1n) is 8.18. The fourth-order valence-corrected chi connectivity index (χ4v) is 4.19. The highest BCUT2D eigenvalue weighted by atomic mass is 32.2. The van der Waals surface area contributed by atoms with Crippen LogP contribution in [0.1, 0.15) is 31.2 Å². The van der Waals surface area contributed by atoms with E-state index in [0.717, 1.165) is 30.4 Å². The fourth-order valence-electron chi connectivity index (χ4n) is 2.59. The molecule has 2 aromatic rings. The Labute approximate surface area is 148 Å². The van der Waals surface area contributed by atoms with Crippen molar-refractivity contribution in [2.24, 2.45) is 5.92 Å². The smallest absolute Gasteiger partial charge is 0.107 e. The molecule has 0 aliphatic heterocycles. The van der Waals surface area contributed by atoms with Gasteiger partial charge in [-0.2, -0.15) is 0 Å². The van der Waals surface area contributed by atoms with E-state index in [9.17, 15) is 0 Å². The number of thioether (sulfide) groups is 1. The average molecular weight is 347 g/mol. The van der Waals surface area contributed by atoms with Gasteiger partial charge in [-0.3, -0.25) is 0 Å². The van der Waals surface area contributed by atoms with Crippen LogP contribution in [-0.2, 0) is 6.54 Å². The van der Waals surface area contributed by atoms with Gasteiger partial charge in [0.1, 0.15) is 5.01 Å². The van der Waals surface area contributed by atoms with Gasteiger partial charge in [0.15, 0.2) is 0 Å². The summed E-state index contributed by atoms with van der Waals surface area (Å²) in [7, 11) is 0. The second kappa shape index (κ2) is 9.91. The Hall–Kier alpha value is -1.10. The molecular formula is C19H26N2S2. The quantitative estimate of drug-likeness (QED) is 0.344. The third-order valence-electron chi connectivity index (χ3n) is 4.01. The molecular weight excluding hydrogens is 320 g/mol. The lowest BCUT2D eigenvalue weighted by molar-refractivity contribution is 0.455. The SMILES string of the molecule is C=CCC(CC)CCNCc1ncc(-c2ccccc2SC)s1. The van der Waals surface area contributed by atoms with Crippen LogP contribution in [0.2, 0.25) is 0 Å². The molecule has 0 spiro atoms. The van der Waals surface area contributed by atoms with Gasteiger partial charge in [0, 0.05) is 23.2 Å². The summed E-state index contributed by atoms with van der Waals surface area (Å²) in [6.45, 7) is 8.00. The topological polar surface area (TPSA) is 24.9 Å². The van der Waals surface area contributed by atoms with Crippen molar-refractivity contribution in [2.45, 2.75) is 37.6 Å². The van der Waals surface area contributed by atoms with Crippen molar-refractivity contribution < 1.29 is 0 Å². The van der Waals surface area contributed by atoms with Crippen LogP contribution in [0.25, 0.3) is 10.4 Å². The van der Waals surface area contributed by atoms with E-state index in [1.54, 1.807) is 23.1 Å². The fraction of sp³-hybridized carbons (Fsp3) is 0.421. The van der Waals surface area contributed by atoms with Crippen molar-refractivity contribution in [3.8, 4) is 10.4 Å². The van der Waals surface area contributed by atoms with E-state index in [1.165, 1.54) is 28.2 Å². The number of nitrogens with one attached hydrogen (secondary N) is 1. The summed E-state index contributed by atoms with van der Waals surface area (Å²) in [5, 5.41) is 4.69. The monoisotopic (exact) mass is 346 g/mol. The molecule has 1 aromatic carbocycles. The third kappa shape index (κ3) is 5.48. The molecule has 4 heteroatoms. The zero-order valence-corrected chi connectivity index (χ0v) is 15.7. The first-order valence-corrected chi connectivity index (χ1v) is 10.2. The minimum Gasteiger partial charge on any atom is -0.310 e. The summed E-state index contributed by atoms with van der Waals surface area (Å²) >= 11 is 3.57. The highest BCUT2D eigenvalue weighted by Crippen LogP contribution is 2.33. The molecule has 0 radical (unpaired) electrons. The summed E-state index contributed by atoms with van der Waals surface area (Å²) < 4.78 is 0. The Morgan fingerprint density at radius 2 is 2.22 bits per heavy atom. The molecule has 0 amide bonds. The Bertz CT molecular complexity index is 607. The molecule has 2 rings (SSSR count). The van der Waals surface area contributed by atoms with Crippen LogP contribution in [0.15, 0.2) is 48.0 Å². The lowest BCUT2D eigenvalue weighted by atomic mass is 9.99. The standard InChI is InChI=1S/C19H26N2S2/c1-4-8-15(5-2)11-12-20-14-19-21-13-18(23-19)16-9-6-7-10-17(16)22-3/h4,6-7,9-10,13,15,20H,1,5,8,11-12,14H2,2-3H3. The molecule has 1 atom stereocenters. The largest absolute Gasteiger partial charge is 0.310 e. The maximum absolute atomic E-state index is 4.57. The summed E-state index contributed by atoms with van der Waals surface area (Å²) in [4.78, 5) is 7.14. The van der Waals surface area contributed by atoms with Gasteiger partial charge in [-0.1, -0.05) is 37.6 Å². The van der Waals surface area contributed by atoms with Gasteiger partial charge in [-0.25, -0.2) is 4.98 Å². The predicted octanol–water partition coefficient (Wildman–Crippen LogP) is 5.61. The van der Waals surface area contributed by atoms with Gasteiger partial charge in [-0.15, -0.1) is 29.7 Å². The van der Waals surface area contributed by atoms with E-state index < -0.39 is 0 Å². The van der Waals surface area contributed by atoms with Crippen LogP contribution in [0.5, 0.6) is 0 Å². The molecule has 0 fully saturated rings. The summed E-state index contributed by atoms with van der Waals surface area (Å²) in [6.07, 6.45) is 9.70. The van der Waals surface area contributed by atoms with Gasteiger partial charge in [0.2, 0.25) is 0 Å². The van der Waals surface area contributed by atoms with Crippen molar-refractivity contribution in [3.63, 3.8) is 0 Å². The van der Waals surface area contributed by atoms with Crippen LogP contribution in [0, 0.1) is 5.92 Å². The maximum atomic E-state index is 4.57. The second-order valence-corrected chi connectivity index (χ2v) is 7.55. The van der Waals surface area contributed by atoms with E-state index in [1.807, 2.05) is 12.3 Å². The molecule has 0 aliphatic rings. The minimum absolute atomic E-state index is 0.750. The molecule has 0 saturated carbocycles. The van der Waals surface area contributed by atoms with Crippen molar-refractivity contribution in [2.75, 3.05) is 12.8 Å². The number of thiazole rings is 1. The molecule has 1 heterocycles. The van der Waals surface area contributed by atoms with Crippen molar-refractivity contribution >= 4 is 23.1 Å². The van der Waals surface area contributed by atoms with Gasteiger partial charge >= 0.3 is 0 Å². The van der Waals surface area contributed by atoms with E-state index in [4.69, 9.17) is 0 Å². The second-order valence-electron chi connectivity index (χ2n) is 5.58. The predicted molar refractivity (Wildman–Crippen MR) is 104 cm³/mol. The molecule has 1 N–H and O–H groups in total. The Morgan fingerprint density at radius 1 is 1.39 bits per heavy atom. The van der Waals surface area contributed by atoms with Gasteiger partial charge in [-0.05, 0) is 37.6 Å². The van der Waals surface area contributed by atoms with Crippen LogP contribution >= 0.6 is 23.1 Å². The van der Waals surface area contributed by atoms with Crippen molar-refractivity contribution in [3.05, 3.63) is 48.1 Å². The Kier molecular flexibility index (Phi) is 7.86. The van der Waals surface area contributed by atoms with Crippen molar-refractivity contribution in [1.82, 2.24) is 10.3 Å². The molecule has 23 heavy (non-hydrogen) atoms. The molecule has 1 aromatic heterocycles. The number of nitrogens with zero attached hydrogens (tertiary/aromatic N) is 1. The Balaban J connectivity index is 1.87. The van der Waals surface area contributed by atoms with E-state index in [0.29, 0.717) is 0 Å². The van der Waals surface area contributed by atoms with Crippen LogP contribution in [0.4, 0.5) is 0 Å². The Morgan fingerprint density at radius 3 is 2.96 bits per heavy atom. The highest BCUT2D eigenvalue weighted by molar-refractivity contribution is 7.98. The average Bonchev–Trinajstić information content (AvgIpc) is 3.06. The first kappa shape index (κ1) is 18.2. The van der Waals surface area contributed by atoms with Crippen LogP contribution < -0.4 is 5.32 Å². The number of rotatable bonds is 10. The first-order chi connectivity index (χ1) is 11.3. The lowest BCUT2D eigenvalue weighted by Gasteiger charge is -2.12. The van der Waals surface area contributed by atoms with Gasteiger partial charge in [0.05, 0.1) is 4.88 Å². The molecule has 0 aliphatic carbocycles. The third-order valence-corrected chi connectivity index (χ3v) is 5.84. The molecule has 0 bridgehead atoms.